The summed E-state index contributed by atoms with van der Waals surface area (Å²) >= 11 is 0. The summed E-state index contributed by atoms with van der Waals surface area (Å²) in [7, 11) is 0. The fourth-order valence-corrected chi connectivity index (χ4v) is 3.23. The van der Waals surface area contributed by atoms with Crippen LogP contribution in [-0.4, -0.2) is 11.6 Å². The van der Waals surface area contributed by atoms with Gasteiger partial charge in [0.2, 0.25) is 0 Å². The van der Waals surface area contributed by atoms with Crippen molar-refractivity contribution in [2.75, 3.05) is 0 Å². The van der Waals surface area contributed by atoms with E-state index in [0.29, 0.717) is 0 Å². The summed E-state index contributed by atoms with van der Waals surface area (Å²) in [4.78, 5) is 23.9. The Morgan fingerprint density at radius 2 is 2.00 bits per heavy atom. The molecule has 0 amide bonds. The molecule has 0 radical (unpaired) electrons. The SMILES string of the molecule is CC(=O)[C@H]1C[C@H]2C=C[C@]1(C)C(=O)C2(C)C. The van der Waals surface area contributed by atoms with Crippen molar-refractivity contribution in [2.24, 2.45) is 22.7 Å². The third-order valence-corrected chi connectivity index (χ3v) is 4.38. The predicted molar refractivity (Wildman–Crippen MR) is 58.3 cm³/mol. The lowest BCUT2D eigenvalue weighted by molar-refractivity contribution is -0.151. The molecule has 0 aromatic heterocycles. The van der Waals surface area contributed by atoms with Crippen LogP contribution in [0.4, 0.5) is 0 Å². The average molecular weight is 206 g/mol. The van der Waals surface area contributed by atoms with E-state index in [0.717, 1.165) is 6.42 Å². The summed E-state index contributed by atoms with van der Waals surface area (Å²) in [5.41, 5.74) is -0.848. The quantitative estimate of drug-likeness (QED) is 0.617. The van der Waals surface area contributed by atoms with Gasteiger partial charge >= 0.3 is 0 Å². The van der Waals surface area contributed by atoms with Crippen molar-refractivity contribution in [1.82, 2.24) is 0 Å². The van der Waals surface area contributed by atoms with Crippen LogP contribution in [0.25, 0.3) is 0 Å². The molecule has 0 saturated heterocycles. The number of carbonyl (C=O) groups excluding carboxylic acids is 2. The first-order valence-corrected chi connectivity index (χ1v) is 5.55. The third-order valence-electron chi connectivity index (χ3n) is 4.38. The van der Waals surface area contributed by atoms with Crippen LogP contribution >= 0.6 is 0 Å². The van der Waals surface area contributed by atoms with Gasteiger partial charge < -0.3 is 0 Å². The molecular formula is C13H18O2. The Balaban J connectivity index is 2.51. The summed E-state index contributed by atoms with van der Waals surface area (Å²) in [5, 5.41) is 0. The van der Waals surface area contributed by atoms with E-state index in [1.165, 1.54) is 0 Å². The van der Waals surface area contributed by atoms with Gasteiger partial charge in [-0.2, -0.15) is 0 Å². The lowest BCUT2D eigenvalue weighted by Gasteiger charge is -2.52. The van der Waals surface area contributed by atoms with Gasteiger partial charge in [-0.1, -0.05) is 26.0 Å². The van der Waals surface area contributed by atoms with Crippen LogP contribution in [0.3, 0.4) is 0 Å². The van der Waals surface area contributed by atoms with Crippen molar-refractivity contribution in [3.8, 4) is 0 Å². The van der Waals surface area contributed by atoms with Gasteiger partial charge in [-0.05, 0) is 26.2 Å². The Morgan fingerprint density at radius 3 is 2.53 bits per heavy atom. The minimum absolute atomic E-state index is 0.104. The van der Waals surface area contributed by atoms with Gasteiger partial charge in [-0.3, -0.25) is 9.59 Å². The van der Waals surface area contributed by atoms with E-state index in [1.807, 2.05) is 26.8 Å². The van der Waals surface area contributed by atoms with Crippen LogP contribution < -0.4 is 0 Å². The highest BCUT2D eigenvalue weighted by molar-refractivity contribution is 5.99. The molecule has 1 saturated carbocycles. The van der Waals surface area contributed by atoms with Gasteiger partial charge in [0.05, 0.1) is 5.41 Å². The molecule has 3 rings (SSSR count). The predicted octanol–water partition coefficient (Wildman–Crippen LogP) is 2.38. The summed E-state index contributed by atoms with van der Waals surface area (Å²) in [5.74, 6) is 0.512. The topological polar surface area (TPSA) is 34.1 Å². The summed E-state index contributed by atoms with van der Waals surface area (Å²) in [6.45, 7) is 7.51. The number of hydrogen-bond acceptors (Lipinski definition) is 2. The Morgan fingerprint density at radius 1 is 1.40 bits per heavy atom. The first-order valence-electron chi connectivity index (χ1n) is 5.55. The number of ketones is 2. The monoisotopic (exact) mass is 206 g/mol. The lowest BCUT2D eigenvalue weighted by Crippen LogP contribution is -2.56. The van der Waals surface area contributed by atoms with Gasteiger partial charge in [0.25, 0.3) is 0 Å². The fraction of sp³-hybridized carbons (Fsp3) is 0.692. The first-order chi connectivity index (χ1) is 6.80. The van der Waals surface area contributed by atoms with Gasteiger partial charge in [0, 0.05) is 11.3 Å². The number of allylic oxidation sites excluding steroid dienone is 2. The van der Waals surface area contributed by atoms with Crippen molar-refractivity contribution < 1.29 is 9.59 Å². The van der Waals surface area contributed by atoms with Gasteiger partial charge in [-0.15, -0.1) is 0 Å². The van der Waals surface area contributed by atoms with Crippen LogP contribution in [0.1, 0.15) is 34.1 Å². The minimum atomic E-state index is -0.552. The summed E-state index contributed by atoms with van der Waals surface area (Å²) < 4.78 is 0. The Labute approximate surface area is 90.7 Å². The van der Waals surface area contributed by atoms with E-state index in [-0.39, 0.29) is 28.8 Å². The van der Waals surface area contributed by atoms with Gasteiger partial charge in [-0.25, -0.2) is 0 Å². The third kappa shape index (κ3) is 1.17. The maximum Gasteiger partial charge on any atom is 0.149 e. The maximum absolute atomic E-state index is 12.3. The molecule has 0 aliphatic heterocycles. The number of Topliss-reactive ketones (excluding diaryl/α,β-unsaturated/α-hetero) is 2. The second-order valence-electron chi connectivity index (χ2n) is 5.70. The zero-order chi connectivity index (χ0) is 11.4. The Bertz CT molecular complexity index is 365. The highest BCUT2D eigenvalue weighted by atomic mass is 16.1. The van der Waals surface area contributed by atoms with E-state index in [2.05, 4.69) is 6.08 Å². The van der Waals surface area contributed by atoms with E-state index in [4.69, 9.17) is 0 Å². The molecule has 82 valence electrons. The van der Waals surface area contributed by atoms with Crippen LogP contribution in [0.5, 0.6) is 0 Å². The molecule has 3 atom stereocenters. The van der Waals surface area contributed by atoms with Crippen molar-refractivity contribution in [3.63, 3.8) is 0 Å². The molecule has 0 aromatic carbocycles. The van der Waals surface area contributed by atoms with Gasteiger partial charge in [0.1, 0.15) is 11.6 Å². The zero-order valence-corrected chi connectivity index (χ0v) is 9.83. The molecule has 0 aromatic rings. The standard InChI is InChI=1S/C13H18O2/c1-8(14)10-7-9-5-6-13(10,4)11(15)12(9,2)3/h5-6,9-10H,7H2,1-4H3/t9-,10-,13+/m1/s1. The summed E-state index contributed by atoms with van der Waals surface area (Å²) in [6, 6.07) is 0. The molecule has 2 nitrogen and oxygen atoms in total. The largest absolute Gasteiger partial charge is 0.300 e. The van der Waals surface area contributed by atoms with Crippen molar-refractivity contribution >= 4 is 11.6 Å². The fourth-order valence-electron chi connectivity index (χ4n) is 3.23. The van der Waals surface area contributed by atoms with E-state index in [1.54, 1.807) is 6.92 Å². The molecule has 15 heavy (non-hydrogen) atoms. The van der Waals surface area contributed by atoms with Crippen molar-refractivity contribution in [3.05, 3.63) is 12.2 Å². The van der Waals surface area contributed by atoms with Crippen LogP contribution in [-0.2, 0) is 9.59 Å². The molecule has 2 bridgehead atoms. The van der Waals surface area contributed by atoms with Crippen LogP contribution in [0.15, 0.2) is 12.2 Å². The highest BCUT2D eigenvalue weighted by Gasteiger charge is 2.57. The molecular weight excluding hydrogens is 188 g/mol. The smallest absolute Gasteiger partial charge is 0.149 e. The Kier molecular flexibility index (Phi) is 1.98. The second-order valence-corrected chi connectivity index (χ2v) is 5.70. The number of fused-ring (bicyclic) bond motifs is 2. The van der Waals surface area contributed by atoms with Crippen LogP contribution in [0, 0.1) is 22.7 Å². The minimum Gasteiger partial charge on any atom is -0.300 e. The van der Waals surface area contributed by atoms with Crippen molar-refractivity contribution in [2.45, 2.75) is 34.1 Å². The molecule has 2 heteroatoms. The highest BCUT2D eigenvalue weighted by Crippen LogP contribution is 2.55. The molecule has 1 fully saturated rings. The maximum atomic E-state index is 12.3. The van der Waals surface area contributed by atoms with E-state index >= 15 is 0 Å². The first kappa shape index (κ1) is 10.6. The Hall–Kier alpha value is -0.920. The zero-order valence-electron chi connectivity index (χ0n) is 9.83. The van der Waals surface area contributed by atoms with Gasteiger partial charge in [0.15, 0.2) is 0 Å². The lowest BCUT2D eigenvalue weighted by atomic mass is 9.49. The molecule has 0 N–H and O–H groups in total. The van der Waals surface area contributed by atoms with E-state index < -0.39 is 5.41 Å². The van der Waals surface area contributed by atoms with Crippen LogP contribution in [0.2, 0.25) is 0 Å². The number of carbonyl (C=O) groups is 2. The number of hydrogen-bond donors (Lipinski definition) is 0. The normalized spacial score (nSPS) is 42.0. The van der Waals surface area contributed by atoms with Crippen molar-refractivity contribution in [1.29, 1.82) is 0 Å². The molecule has 3 aliphatic rings. The molecule has 0 heterocycles. The number of rotatable bonds is 1. The molecule has 3 aliphatic carbocycles. The van der Waals surface area contributed by atoms with E-state index in [9.17, 15) is 9.59 Å². The molecule has 0 spiro atoms. The molecule has 0 unspecified atom stereocenters. The second kappa shape index (κ2) is 2.81. The summed E-state index contributed by atoms with van der Waals surface area (Å²) in [6.07, 6.45) is 4.92. The average Bonchev–Trinajstić information content (AvgIpc) is 2.14.